The molecule has 0 unspecified atom stereocenters. The number of hydrogen-bond donors (Lipinski definition) is 0. The second kappa shape index (κ2) is 8.43. The number of Topliss-reactive ketones (excluding diaryl/α,β-unsaturated/α-hetero) is 1. The van der Waals surface area contributed by atoms with Gasteiger partial charge in [-0.3, -0.25) is 19.2 Å². The van der Waals surface area contributed by atoms with Crippen LogP contribution in [0.3, 0.4) is 0 Å². The zero-order valence-electron chi connectivity index (χ0n) is 14.3. The number of carbonyl (C=O) groups is 4. The van der Waals surface area contributed by atoms with Gasteiger partial charge in [0.15, 0.2) is 5.78 Å². The first-order chi connectivity index (χ1) is 13.3. The Hall–Kier alpha value is -2.22. The molecule has 1 heterocycles. The number of ketones is 1. The van der Waals surface area contributed by atoms with Crippen molar-refractivity contribution in [2.75, 3.05) is 6.54 Å². The summed E-state index contributed by atoms with van der Waals surface area (Å²) in [7, 11) is 0. The van der Waals surface area contributed by atoms with Gasteiger partial charge in [0, 0.05) is 27.9 Å². The standard InChI is InChI=1S/C19H13BrCl2N2O4/c20-12-3-1-11(2-4-12)16(25)10-23(24-17(26)7-8-18(24)27)19(28)14-6-5-13(21)9-15(14)22/h1-6,9H,7-8,10H2. The minimum absolute atomic E-state index is 0.0244. The van der Waals surface area contributed by atoms with Gasteiger partial charge in [-0.15, -0.1) is 0 Å². The van der Waals surface area contributed by atoms with E-state index >= 15 is 0 Å². The third-order valence-electron chi connectivity index (χ3n) is 4.12. The van der Waals surface area contributed by atoms with Crippen LogP contribution in [-0.4, -0.2) is 40.1 Å². The smallest absolute Gasteiger partial charge is 0.274 e. The number of hydrazine groups is 1. The number of benzene rings is 2. The van der Waals surface area contributed by atoms with Crippen molar-refractivity contribution in [2.24, 2.45) is 0 Å². The average molecular weight is 484 g/mol. The number of carbonyl (C=O) groups excluding carboxylic acids is 4. The lowest BCUT2D eigenvalue weighted by Crippen LogP contribution is -2.51. The van der Waals surface area contributed by atoms with Gasteiger partial charge in [0.1, 0.15) is 6.54 Å². The molecule has 0 spiro atoms. The van der Waals surface area contributed by atoms with Gasteiger partial charge in [-0.25, -0.2) is 5.01 Å². The minimum atomic E-state index is -0.740. The average Bonchev–Trinajstić information content (AvgIpc) is 2.98. The number of nitrogens with zero attached hydrogens (tertiary/aromatic N) is 2. The predicted molar refractivity (Wildman–Crippen MR) is 107 cm³/mol. The molecule has 0 radical (unpaired) electrons. The van der Waals surface area contributed by atoms with Crippen LogP contribution in [0, 0.1) is 0 Å². The van der Waals surface area contributed by atoms with E-state index in [2.05, 4.69) is 15.9 Å². The zero-order valence-corrected chi connectivity index (χ0v) is 17.4. The first-order valence-electron chi connectivity index (χ1n) is 8.19. The number of amides is 3. The Morgan fingerprint density at radius 3 is 2.18 bits per heavy atom. The molecule has 0 aromatic heterocycles. The molecule has 0 N–H and O–H groups in total. The van der Waals surface area contributed by atoms with Crippen molar-refractivity contribution in [1.29, 1.82) is 0 Å². The number of hydrogen-bond acceptors (Lipinski definition) is 4. The van der Waals surface area contributed by atoms with E-state index in [1.807, 2.05) is 0 Å². The molecule has 0 saturated carbocycles. The second-order valence-corrected chi connectivity index (χ2v) is 7.78. The fraction of sp³-hybridized carbons (Fsp3) is 0.158. The summed E-state index contributed by atoms with van der Waals surface area (Å²) in [6.45, 7) is -0.489. The van der Waals surface area contributed by atoms with Crippen LogP contribution in [0.1, 0.15) is 33.6 Å². The topological polar surface area (TPSA) is 74.8 Å². The van der Waals surface area contributed by atoms with Crippen molar-refractivity contribution >= 4 is 62.6 Å². The number of halogens is 3. The van der Waals surface area contributed by atoms with Crippen LogP contribution < -0.4 is 0 Å². The summed E-state index contributed by atoms with van der Waals surface area (Å²) in [6, 6.07) is 10.7. The van der Waals surface area contributed by atoms with Crippen LogP contribution in [0.4, 0.5) is 0 Å². The summed E-state index contributed by atoms with van der Waals surface area (Å²) < 4.78 is 0.787. The summed E-state index contributed by atoms with van der Waals surface area (Å²) in [5.74, 6) is -2.27. The molecule has 0 aliphatic carbocycles. The van der Waals surface area contributed by atoms with Crippen molar-refractivity contribution in [1.82, 2.24) is 10.0 Å². The third-order valence-corrected chi connectivity index (χ3v) is 5.20. The van der Waals surface area contributed by atoms with Crippen LogP contribution in [-0.2, 0) is 9.59 Å². The Labute approximate surface area is 179 Å². The summed E-state index contributed by atoms with van der Waals surface area (Å²) in [5, 5.41) is 1.95. The summed E-state index contributed by atoms with van der Waals surface area (Å²) in [5.41, 5.74) is 0.365. The first-order valence-corrected chi connectivity index (χ1v) is 9.74. The Kier molecular flexibility index (Phi) is 6.17. The fourth-order valence-corrected chi connectivity index (χ4v) is 3.49. The molecule has 2 aromatic carbocycles. The molecule has 2 aromatic rings. The molecule has 6 nitrogen and oxygen atoms in total. The van der Waals surface area contributed by atoms with Gasteiger partial charge < -0.3 is 0 Å². The summed E-state index contributed by atoms with van der Waals surface area (Å²) >= 11 is 15.3. The van der Waals surface area contributed by atoms with Gasteiger partial charge in [0.05, 0.1) is 10.6 Å². The van der Waals surface area contributed by atoms with Crippen LogP contribution in [0.2, 0.25) is 10.0 Å². The van der Waals surface area contributed by atoms with Gasteiger partial charge in [-0.1, -0.05) is 51.3 Å². The molecular formula is C19H13BrCl2N2O4. The van der Waals surface area contributed by atoms with Gasteiger partial charge in [-0.2, -0.15) is 5.01 Å². The highest BCUT2D eigenvalue weighted by Crippen LogP contribution is 2.25. The molecule has 3 amide bonds. The molecule has 9 heteroatoms. The molecule has 1 fully saturated rings. The maximum absolute atomic E-state index is 13.1. The molecule has 1 aliphatic rings. The van der Waals surface area contributed by atoms with E-state index in [4.69, 9.17) is 23.2 Å². The van der Waals surface area contributed by atoms with Crippen LogP contribution in [0.25, 0.3) is 0 Å². The molecule has 0 bridgehead atoms. The van der Waals surface area contributed by atoms with Gasteiger partial charge in [0.25, 0.3) is 5.91 Å². The lowest BCUT2D eigenvalue weighted by atomic mass is 10.1. The first kappa shape index (κ1) is 20.5. The highest BCUT2D eigenvalue weighted by atomic mass is 79.9. The van der Waals surface area contributed by atoms with E-state index in [0.717, 1.165) is 14.5 Å². The van der Waals surface area contributed by atoms with Crippen molar-refractivity contribution < 1.29 is 19.2 Å². The van der Waals surface area contributed by atoms with E-state index in [1.165, 1.54) is 18.2 Å². The van der Waals surface area contributed by atoms with E-state index in [0.29, 0.717) is 10.6 Å². The van der Waals surface area contributed by atoms with Crippen LogP contribution >= 0.6 is 39.1 Å². The Balaban J connectivity index is 1.96. The highest BCUT2D eigenvalue weighted by molar-refractivity contribution is 9.10. The predicted octanol–water partition coefficient (Wildman–Crippen LogP) is 4.15. The van der Waals surface area contributed by atoms with Crippen LogP contribution in [0.15, 0.2) is 46.9 Å². The van der Waals surface area contributed by atoms with Crippen molar-refractivity contribution in [3.63, 3.8) is 0 Å². The van der Waals surface area contributed by atoms with E-state index in [9.17, 15) is 19.2 Å². The van der Waals surface area contributed by atoms with E-state index in [1.54, 1.807) is 24.3 Å². The molecule has 1 aliphatic heterocycles. The maximum atomic E-state index is 13.1. The van der Waals surface area contributed by atoms with Crippen molar-refractivity contribution in [2.45, 2.75) is 12.8 Å². The monoisotopic (exact) mass is 482 g/mol. The van der Waals surface area contributed by atoms with E-state index < -0.39 is 30.0 Å². The molecule has 1 saturated heterocycles. The third kappa shape index (κ3) is 4.27. The SMILES string of the molecule is O=C(CN(C(=O)c1ccc(Cl)cc1Cl)N1C(=O)CCC1=O)c1ccc(Br)cc1. The quantitative estimate of drug-likeness (QED) is 0.473. The van der Waals surface area contributed by atoms with Gasteiger partial charge >= 0.3 is 0 Å². The minimum Gasteiger partial charge on any atom is -0.292 e. The van der Waals surface area contributed by atoms with Crippen molar-refractivity contribution in [3.8, 4) is 0 Å². The Morgan fingerprint density at radius 2 is 1.61 bits per heavy atom. The maximum Gasteiger partial charge on any atom is 0.274 e. The highest BCUT2D eigenvalue weighted by Gasteiger charge is 2.38. The molecule has 3 rings (SSSR count). The number of rotatable bonds is 5. The molecule has 28 heavy (non-hydrogen) atoms. The second-order valence-electron chi connectivity index (χ2n) is 6.02. The van der Waals surface area contributed by atoms with Crippen LogP contribution in [0.5, 0.6) is 0 Å². The normalized spacial score (nSPS) is 13.8. The Morgan fingerprint density at radius 1 is 1.00 bits per heavy atom. The Bertz CT molecular complexity index is 962. The molecule has 144 valence electrons. The summed E-state index contributed by atoms with van der Waals surface area (Å²) in [6.07, 6.45) is -0.0487. The van der Waals surface area contributed by atoms with Crippen molar-refractivity contribution in [3.05, 3.63) is 68.1 Å². The fourth-order valence-electron chi connectivity index (χ4n) is 2.73. The number of imide groups is 1. The lowest BCUT2D eigenvalue weighted by Gasteiger charge is -2.29. The molecular weight excluding hydrogens is 471 g/mol. The molecule has 0 atom stereocenters. The largest absolute Gasteiger partial charge is 0.292 e. The van der Waals surface area contributed by atoms with Gasteiger partial charge in [-0.05, 0) is 30.3 Å². The van der Waals surface area contributed by atoms with E-state index in [-0.39, 0.29) is 23.4 Å². The van der Waals surface area contributed by atoms with Gasteiger partial charge in [0.2, 0.25) is 11.8 Å². The summed E-state index contributed by atoms with van der Waals surface area (Å²) in [4.78, 5) is 50.2. The lowest BCUT2D eigenvalue weighted by molar-refractivity contribution is -0.152. The zero-order chi connectivity index (χ0) is 20.4.